The van der Waals surface area contributed by atoms with Gasteiger partial charge >= 0.3 is 0 Å². The molecule has 0 spiro atoms. The first-order valence-electron chi connectivity index (χ1n) is 7.11. The van der Waals surface area contributed by atoms with Gasteiger partial charge in [-0.1, -0.05) is 44.5 Å². The van der Waals surface area contributed by atoms with Crippen molar-refractivity contribution in [1.82, 2.24) is 5.32 Å². The van der Waals surface area contributed by atoms with Crippen LogP contribution < -0.4 is 5.32 Å². The standard InChI is InChI=1S/C16H24ClN/c1-4-16(11(2)3)18-15-9-13(10-15)12-5-7-14(17)8-6-12/h5-8,11,13,15-16,18H,4,9-10H2,1-3H3. The van der Waals surface area contributed by atoms with Crippen molar-refractivity contribution in [3.8, 4) is 0 Å². The van der Waals surface area contributed by atoms with E-state index in [1.165, 1.54) is 24.8 Å². The molecule has 2 rings (SSSR count). The van der Waals surface area contributed by atoms with Gasteiger partial charge < -0.3 is 5.32 Å². The van der Waals surface area contributed by atoms with E-state index in [1.54, 1.807) is 0 Å². The molecule has 1 atom stereocenters. The minimum atomic E-state index is 0.668. The Kier molecular flexibility index (Phi) is 4.69. The van der Waals surface area contributed by atoms with E-state index >= 15 is 0 Å². The van der Waals surface area contributed by atoms with Crippen molar-refractivity contribution in [2.24, 2.45) is 5.92 Å². The van der Waals surface area contributed by atoms with Gasteiger partial charge in [0.25, 0.3) is 0 Å². The van der Waals surface area contributed by atoms with Gasteiger partial charge in [-0.05, 0) is 48.8 Å². The Morgan fingerprint density at radius 2 is 1.83 bits per heavy atom. The number of halogens is 1. The zero-order chi connectivity index (χ0) is 13.1. The molecule has 0 aliphatic heterocycles. The van der Waals surface area contributed by atoms with Crippen LogP contribution in [0.4, 0.5) is 0 Å². The first kappa shape index (κ1) is 13.9. The molecule has 1 aliphatic rings. The predicted octanol–water partition coefficient (Wildman–Crippen LogP) is 4.61. The molecule has 0 aromatic heterocycles. The fourth-order valence-corrected chi connectivity index (χ4v) is 2.97. The molecule has 100 valence electrons. The summed E-state index contributed by atoms with van der Waals surface area (Å²) in [4.78, 5) is 0. The summed E-state index contributed by atoms with van der Waals surface area (Å²) in [5.41, 5.74) is 1.44. The third kappa shape index (κ3) is 3.27. The maximum absolute atomic E-state index is 5.92. The molecule has 1 aliphatic carbocycles. The number of nitrogens with one attached hydrogen (secondary N) is 1. The SMILES string of the molecule is CCC(NC1CC(c2ccc(Cl)cc2)C1)C(C)C. The highest BCUT2D eigenvalue weighted by Gasteiger charge is 2.31. The molecule has 1 aromatic rings. The Bertz CT molecular complexity index is 365. The lowest BCUT2D eigenvalue weighted by atomic mass is 9.75. The molecule has 1 nitrogen and oxygen atoms in total. The number of hydrogen-bond acceptors (Lipinski definition) is 1. The van der Waals surface area contributed by atoms with E-state index in [2.05, 4.69) is 38.2 Å². The Morgan fingerprint density at radius 1 is 1.22 bits per heavy atom. The fourth-order valence-electron chi connectivity index (χ4n) is 2.85. The Balaban J connectivity index is 1.81. The summed E-state index contributed by atoms with van der Waals surface area (Å²) in [6.07, 6.45) is 3.76. The molecule has 1 saturated carbocycles. The van der Waals surface area contributed by atoms with Crippen LogP contribution in [-0.2, 0) is 0 Å². The summed E-state index contributed by atoms with van der Waals surface area (Å²) in [6, 6.07) is 9.71. The molecular weight excluding hydrogens is 242 g/mol. The topological polar surface area (TPSA) is 12.0 Å². The van der Waals surface area contributed by atoms with E-state index in [0.717, 1.165) is 16.9 Å². The van der Waals surface area contributed by atoms with E-state index < -0.39 is 0 Å². The van der Waals surface area contributed by atoms with Gasteiger partial charge in [-0.25, -0.2) is 0 Å². The molecule has 0 radical (unpaired) electrons. The fraction of sp³-hybridized carbons (Fsp3) is 0.625. The molecule has 1 unspecified atom stereocenters. The number of rotatable bonds is 5. The Hall–Kier alpha value is -0.530. The number of hydrogen-bond donors (Lipinski definition) is 1. The molecule has 1 fully saturated rings. The minimum Gasteiger partial charge on any atom is -0.311 e. The summed E-state index contributed by atoms with van der Waals surface area (Å²) in [5, 5.41) is 4.62. The summed E-state index contributed by atoms with van der Waals surface area (Å²) in [7, 11) is 0. The normalized spacial score (nSPS) is 24.9. The second-order valence-electron chi connectivity index (χ2n) is 5.84. The maximum atomic E-state index is 5.92. The largest absolute Gasteiger partial charge is 0.311 e. The van der Waals surface area contributed by atoms with Crippen molar-refractivity contribution < 1.29 is 0 Å². The van der Waals surface area contributed by atoms with E-state index in [9.17, 15) is 0 Å². The molecule has 18 heavy (non-hydrogen) atoms. The molecule has 0 amide bonds. The van der Waals surface area contributed by atoms with Crippen molar-refractivity contribution in [3.05, 3.63) is 34.9 Å². The van der Waals surface area contributed by atoms with Gasteiger partial charge in [0.15, 0.2) is 0 Å². The van der Waals surface area contributed by atoms with Crippen molar-refractivity contribution >= 4 is 11.6 Å². The summed E-state index contributed by atoms with van der Waals surface area (Å²) in [6.45, 7) is 6.88. The second-order valence-corrected chi connectivity index (χ2v) is 6.28. The lowest BCUT2D eigenvalue weighted by Gasteiger charge is -2.39. The van der Waals surface area contributed by atoms with Crippen LogP contribution in [0.15, 0.2) is 24.3 Å². The highest BCUT2D eigenvalue weighted by molar-refractivity contribution is 6.30. The monoisotopic (exact) mass is 265 g/mol. The van der Waals surface area contributed by atoms with Crippen LogP contribution in [0.2, 0.25) is 5.02 Å². The van der Waals surface area contributed by atoms with Crippen molar-refractivity contribution in [2.45, 2.75) is 58.0 Å². The van der Waals surface area contributed by atoms with Gasteiger partial charge in [-0.2, -0.15) is 0 Å². The van der Waals surface area contributed by atoms with Crippen molar-refractivity contribution in [2.75, 3.05) is 0 Å². The molecule has 1 aromatic carbocycles. The lowest BCUT2D eigenvalue weighted by molar-refractivity contribution is 0.237. The predicted molar refractivity (Wildman–Crippen MR) is 79.3 cm³/mol. The Morgan fingerprint density at radius 3 is 2.33 bits per heavy atom. The highest BCUT2D eigenvalue weighted by atomic mass is 35.5. The van der Waals surface area contributed by atoms with Gasteiger partial charge in [0, 0.05) is 17.1 Å². The van der Waals surface area contributed by atoms with Crippen LogP contribution >= 0.6 is 11.6 Å². The molecule has 2 heteroatoms. The second kappa shape index (κ2) is 6.08. The smallest absolute Gasteiger partial charge is 0.0406 e. The minimum absolute atomic E-state index is 0.668. The van der Waals surface area contributed by atoms with Gasteiger partial charge in [-0.3, -0.25) is 0 Å². The van der Waals surface area contributed by atoms with Crippen LogP contribution in [0.25, 0.3) is 0 Å². The average molecular weight is 266 g/mol. The van der Waals surface area contributed by atoms with Crippen LogP contribution in [0, 0.1) is 5.92 Å². The van der Waals surface area contributed by atoms with Gasteiger partial charge in [0.1, 0.15) is 0 Å². The molecule has 0 bridgehead atoms. The third-order valence-electron chi connectivity index (χ3n) is 4.17. The van der Waals surface area contributed by atoms with Crippen LogP contribution in [0.1, 0.15) is 51.5 Å². The lowest BCUT2D eigenvalue weighted by Crippen LogP contribution is -2.47. The van der Waals surface area contributed by atoms with Crippen LogP contribution in [0.5, 0.6) is 0 Å². The molecule has 0 heterocycles. The number of benzene rings is 1. The Labute approximate surface area is 116 Å². The zero-order valence-corrected chi connectivity index (χ0v) is 12.4. The third-order valence-corrected chi connectivity index (χ3v) is 4.43. The molecule has 1 N–H and O–H groups in total. The van der Waals surface area contributed by atoms with E-state index in [0.29, 0.717) is 12.1 Å². The molecular formula is C16H24ClN. The first-order chi connectivity index (χ1) is 8.60. The first-order valence-corrected chi connectivity index (χ1v) is 7.49. The summed E-state index contributed by atoms with van der Waals surface area (Å²) >= 11 is 5.92. The van der Waals surface area contributed by atoms with Crippen LogP contribution in [0.3, 0.4) is 0 Å². The van der Waals surface area contributed by atoms with E-state index in [1.807, 2.05) is 12.1 Å². The highest BCUT2D eigenvalue weighted by Crippen LogP contribution is 2.37. The van der Waals surface area contributed by atoms with E-state index in [-0.39, 0.29) is 0 Å². The van der Waals surface area contributed by atoms with Crippen LogP contribution in [-0.4, -0.2) is 12.1 Å². The zero-order valence-electron chi connectivity index (χ0n) is 11.6. The van der Waals surface area contributed by atoms with Crippen molar-refractivity contribution in [1.29, 1.82) is 0 Å². The molecule has 0 saturated heterocycles. The van der Waals surface area contributed by atoms with Crippen molar-refractivity contribution in [3.63, 3.8) is 0 Å². The van der Waals surface area contributed by atoms with Gasteiger partial charge in [0.2, 0.25) is 0 Å². The summed E-state index contributed by atoms with van der Waals surface area (Å²) < 4.78 is 0. The average Bonchev–Trinajstić information content (AvgIpc) is 2.29. The summed E-state index contributed by atoms with van der Waals surface area (Å²) in [5.74, 6) is 1.45. The maximum Gasteiger partial charge on any atom is 0.0406 e. The van der Waals surface area contributed by atoms with Gasteiger partial charge in [0.05, 0.1) is 0 Å². The quantitative estimate of drug-likeness (QED) is 0.820. The van der Waals surface area contributed by atoms with E-state index in [4.69, 9.17) is 11.6 Å². The van der Waals surface area contributed by atoms with Gasteiger partial charge in [-0.15, -0.1) is 0 Å².